The second-order valence-electron chi connectivity index (χ2n) is 5.05. The molecule has 0 bridgehead atoms. The molecule has 2 aromatic carbocycles. The first kappa shape index (κ1) is 15.9. The molecule has 1 heterocycles. The van der Waals surface area contributed by atoms with Gasteiger partial charge in [0.25, 0.3) is 0 Å². The summed E-state index contributed by atoms with van der Waals surface area (Å²) in [7, 11) is 1.46. The molecule has 0 spiro atoms. The monoisotopic (exact) mass is 334 g/mol. The van der Waals surface area contributed by atoms with E-state index in [4.69, 9.17) is 10.5 Å². The second kappa shape index (κ2) is 5.88. The standard InChI is InChI=1S/C16H13F3N4O/c1-7-21-14-10(16(20)22-7)11(17)12(18)15(13(14)19)23-8-4-3-5-9(6-8)24-2/h3-6,23H,1-2H3,(H2,20,21,22). The molecule has 0 aliphatic heterocycles. The highest BCUT2D eigenvalue weighted by molar-refractivity contribution is 5.92. The Kier molecular flexibility index (Phi) is 3.88. The number of nitrogens with two attached hydrogens (primary N) is 1. The molecule has 3 rings (SSSR count). The topological polar surface area (TPSA) is 73.1 Å². The SMILES string of the molecule is COc1cccc(Nc2c(F)c(F)c3c(N)nc(C)nc3c2F)c1. The van der Waals surface area contributed by atoms with Crippen LogP contribution in [0.25, 0.3) is 10.9 Å². The summed E-state index contributed by atoms with van der Waals surface area (Å²) in [6, 6.07) is 6.36. The molecule has 0 aliphatic carbocycles. The van der Waals surface area contributed by atoms with Crippen LogP contribution in [0.2, 0.25) is 0 Å². The molecule has 0 saturated heterocycles. The van der Waals surface area contributed by atoms with E-state index in [1.165, 1.54) is 20.1 Å². The summed E-state index contributed by atoms with van der Waals surface area (Å²) in [5.74, 6) is -3.46. The Morgan fingerprint density at radius 1 is 1.08 bits per heavy atom. The van der Waals surface area contributed by atoms with Gasteiger partial charge in [-0.05, 0) is 19.1 Å². The third kappa shape index (κ3) is 2.55. The van der Waals surface area contributed by atoms with Gasteiger partial charge in [-0.2, -0.15) is 0 Å². The molecule has 124 valence electrons. The fraction of sp³-hybridized carbons (Fsp3) is 0.125. The molecule has 0 saturated carbocycles. The van der Waals surface area contributed by atoms with E-state index < -0.39 is 28.5 Å². The van der Waals surface area contributed by atoms with Gasteiger partial charge in [-0.25, -0.2) is 23.1 Å². The highest BCUT2D eigenvalue weighted by Crippen LogP contribution is 2.34. The normalized spacial score (nSPS) is 10.9. The first-order chi connectivity index (χ1) is 11.4. The smallest absolute Gasteiger partial charge is 0.186 e. The molecule has 0 amide bonds. The van der Waals surface area contributed by atoms with Crippen molar-refractivity contribution in [3.63, 3.8) is 0 Å². The number of rotatable bonds is 3. The fourth-order valence-corrected chi connectivity index (χ4v) is 2.36. The molecule has 8 heteroatoms. The van der Waals surface area contributed by atoms with Crippen molar-refractivity contribution in [3.8, 4) is 5.75 Å². The second-order valence-corrected chi connectivity index (χ2v) is 5.05. The lowest BCUT2D eigenvalue weighted by atomic mass is 10.1. The maximum Gasteiger partial charge on any atom is 0.186 e. The van der Waals surface area contributed by atoms with E-state index in [-0.39, 0.29) is 17.2 Å². The summed E-state index contributed by atoms with van der Waals surface area (Å²) in [5.41, 5.74) is 4.85. The van der Waals surface area contributed by atoms with Crippen LogP contribution in [-0.4, -0.2) is 17.1 Å². The lowest BCUT2D eigenvalue weighted by Crippen LogP contribution is -2.07. The van der Waals surface area contributed by atoms with Gasteiger partial charge in [-0.1, -0.05) is 6.07 Å². The van der Waals surface area contributed by atoms with E-state index in [0.717, 1.165) is 0 Å². The van der Waals surface area contributed by atoms with Crippen LogP contribution in [0.5, 0.6) is 5.75 Å². The number of methoxy groups -OCH3 is 1. The largest absolute Gasteiger partial charge is 0.497 e. The molecule has 3 N–H and O–H groups in total. The van der Waals surface area contributed by atoms with Gasteiger partial charge in [-0.15, -0.1) is 0 Å². The predicted octanol–water partition coefficient (Wildman–Crippen LogP) is 3.69. The van der Waals surface area contributed by atoms with Crippen LogP contribution in [0.15, 0.2) is 24.3 Å². The molecule has 0 radical (unpaired) electrons. The fourth-order valence-electron chi connectivity index (χ4n) is 2.36. The zero-order valence-electron chi connectivity index (χ0n) is 12.8. The number of ether oxygens (including phenoxy) is 1. The van der Waals surface area contributed by atoms with E-state index in [1.54, 1.807) is 18.2 Å². The minimum absolute atomic E-state index is 0.150. The van der Waals surface area contributed by atoms with Gasteiger partial charge in [0.05, 0.1) is 12.5 Å². The summed E-state index contributed by atoms with van der Waals surface area (Å²) in [6.45, 7) is 1.48. The van der Waals surface area contributed by atoms with Crippen LogP contribution < -0.4 is 15.8 Å². The number of aryl methyl sites for hydroxylation is 1. The van der Waals surface area contributed by atoms with E-state index in [2.05, 4.69) is 15.3 Å². The molecule has 0 aliphatic rings. The quantitative estimate of drug-likeness (QED) is 0.715. The van der Waals surface area contributed by atoms with Gasteiger partial charge in [-0.3, -0.25) is 0 Å². The Morgan fingerprint density at radius 2 is 1.83 bits per heavy atom. The number of nitrogen functional groups attached to an aromatic ring is 1. The number of benzene rings is 2. The van der Waals surface area contributed by atoms with Crippen molar-refractivity contribution in [2.75, 3.05) is 18.2 Å². The van der Waals surface area contributed by atoms with Crippen molar-refractivity contribution >= 4 is 28.1 Å². The Balaban J connectivity index is 2.21. The highest BCUT2D eigenvalue weighted by atomic mass is 19.2. The third-order valence-corrected chi connectivity index (χ3v) is 3.45. The van der Waals surface area contributed by atoms with Gasteiger partial charge in [0, 0.05) is 11.8 Å². The van der Waals surface area contributed by atoms with Gasteiger partial charge in [0.1, 0.15) is 28.6 Å². The van der Waals surface area contributed by atoms with Gasteiger partial charge in [0.2, 0.25) is 0 Å². The zero-order chi connectivity index (χ0) is 17.4. The molecule has 0 atom stereocenters. The Hall–Kier alpha value is -3.03. The minimum Gasteiger partial charge on any atom is -0.497 e. The number of fused-ring (bicyclic) bond motifs is 1. The van der Waals surface area contributed by atoms with Crippen molar-refractivity contribution in [3.05, 3.63) is 47.5 Å². The van der Waals surface area contributed by atoms with Crippen LogP contribution in [0, 0.1) is 24.4 Å². The minimum atomic E-state index is -1.40. The zero-order valence-corrected chi connectivity index (χ0v) is 12.8. The maximum atomic E-state index is 14.7. The lowest BCUT2D eigenvalue weighted by Gasteiger charge is -2.13. The Morgan fingerprint density at radius 3 is 2.54 bits per heavy atom. The molecular weight excluding hydrogens is 321 g/mol. The lowest BCUT2D eigenvalue weighted by molar-refractivity contribution is 0.415. The summed E-state index contributed by atoms with van der Waals surface area (Å²) in [6.07, 6.45) is 0. The Bertz CT molecular complexity index is 946. The number of halogens is 3. The van der Waals surface area contributed by atoms with Crippen LogP contribution in [-0.2, 0) is 0 Å². The van der Waals surface area contributed by atoms with Crippen molar-refractivity contribution < 1.29 is 17.9 Å². The third-order valence-electron chi connectivity index (χ3n) is 3.45. The Labute approximate surface area is 135 Å². The van der Waals surface area contributed by atoms with Gasteiger partial charge in [0.15, 0.2) is 17.5 Å². The number of nitrogens with one attached hydrogen (secondary N) is 1. The van der Waals surface area contributed by atoms with E-state index in [0.29, 0.717) is 11.4 Å². The van der Waals surface area contributed by atoms with E-state index in [1.807, 2.05) is 0 Å². The first-order valence-corrected chi connectivity index (χ1v) is 6.93. The van der Waals surface area contributed by atoms with Gasteiger partial charge >= 0.3 is 0 Å². The first-order valence-electron chi connectivity index (χ1n) is 6.93. The maximum absolute atomic E-state index is 14.7. The number of nitrogens with zero attached hydrogens (tertiary/aromatic N) is 2. The van der Waals surface area contributed by atoms with Crippen molar-refractivity contribution in [1.82, 2.24) is 9.97 Å². The van der Waals surface area contributed by atoms with E-state index in [9.17, 15) is 13.2 Å². The van der Waals surface area contributed by atoms with Crippen molar-refractivity contribution in [2.45, 2.75) is 6.92 Å². The number of aromatic nitrogens is 2. The summed E-state index contributed by atoms with van der Waals surface area (Å²) >= 11 is 0. The molecule has 5 nitrogen and oxygen atoms in total. The van der Waals surface area contributed by atoms with Crippen LogP contribution in [0.1, 0.15) is 5.82 Å². The van der Waals surface area contributed by atoms with Crippen molar-refractivity contribution in [2.24, 2.45) is 0 Å². The van der Waals surface area contributed by atoms with Crippen LogP contribution in [0.4, 0.5) is 30.4 Å². The number of hydrogen-bond donors (Lipinski definition) is 2. The average Bonchev–Trinajstić information content (AvgIpc) is 2.56. The molecule has 24 heavy (non-hydrogen) atoms. The molecular formula is C16H13F3N4O. The van der Waals surface area contributed by atoms with Gasteiger partial charge < -0.3 is 15.8 Å². The highest BCUT2D eigenvalue weighted by Gasteiger charge is 2.24. The molecule has 3 aromatic rings. The predicted molar refractivity (Wildman–Crippen MR) is 84.8 cm³/mol. The summed E-state index contributed by atoms with van der Waals surface area (Å²) < 4.78 is 48.4. The number of anilines is 3. The van der Waals surface area contributed by atoms with Crippen molar-refractivity contribution in [1.29, 1.82) is 0 Å². The molecule has 0 fully saturated rings. The average molecular weight is 334 g/mol. The molecule has 0 unspecified atom stereocenters. The summed E-state index contributed by atoms with van der Waals surface area (Å²) in [5, 5.41) is 2.04. The van der Waals surface area contributed by atoms with E-state index >= 15 is 0 Å². The van der Waals surface area contributed by atoms with Crippen LogP contribution >= 0.6 is 0 Å². The number of hydrogen-bond acceptors (Lipinski definition) is 5. The molecule has 1 aromatic heterocycles. The van der Waals surface area contributed by atoms with Crippen LogP contribution in [0.3, 0.4) is 0 Å². The summed E-state index contributed by atoms with van der Waals surface area (Å²) in [4.78, 5) is 7.57.